The predicted molar refractivity (Wildman–Crippen MR) is 173 cm³/mol. The van der Waals surface area contributed by atoms with Crippen molar-refractivity contribution in [1.82, 2.24) is 0 Å². The number of unbranched alkanes of at least 4 members (excludes halogenated alkanes) is 33. The first kappa shape index (κ1) is 37.9. The lowest BCUT2D eigenvalue weighted by molar-refractivity contribution is -0.589. The van der Waals surface area contributed by atoms with Gasteiger partial charge in [0.2, 0.25) is 0 Å². The van der Waals surface area contributed by atoms with Gasteiger partial charge in [-0.25, -0.2) is 0 Å². The van der Waals surface area contributed by atoms with E-state index in [2.05, 4.69) is 6.92 Å². The molecule has 0 saturated carbocycles. The summed E-state index contributed by atoms with van der Waals surface area (Å²) in [5.74, 6) is 0. The van der Waals surface area contributed by atoms with Crippen LogP contribution in [-0.4, -0.2) is 6.54 Å². The lowest BCUT2D eigenvalue weighted by Crippen LogP contribution is -2.77. The van der Waals surface area contributed by atoms with Crippen molar-refractivity contribution in [3.05, 3.63) is 5.21 Å². The first-order valence-electron chi connectivity index (χ1n) is 18.4. The maximum atomic E-state index is 10.3. The summed E-state index contributed by atoms with van der Waals surface area (Å²) in [6, 6.07) is 0. The van der Waals surface area contributed by atoms with Gasteiger partial charge < -0.3 is 10.7 Å². The molecule has 0 atom stereocenters. The Hall–Kier alpha value is -0.0800. The highest BCUT2D eigenvalue weighted by Gasteiger charge is 1.97. The third-order valence-corrected chi connectivity index (χ3v) is 8.68. The van der Waals surface area contributed by atoms with Crippen molar-refractivity contribution in [2.75, 3.05) is 6.54 Å². The van der Waals surface area contributed by atoms with Gasteiger partial charge in [-0.1, -0.05) is 212 Å². The molecule has 0 spiro atoms. The van der Waals surface area contributed by atoms with E-state index in [-0.39, 0.29) is 0 Å². The molecule has 38 heavy (non-hydrogen) atoms. The third kappa shape index (κ3) is 35.9. The van der Waals surface area contributed by atoms with Crippen LogP contribution in [0.3, 0.4) is 0 Å². The molecular formula is C36H75NO. The summed E-state index contributed by atoms with van der Waals surface area (Å²) in [6.07, 6.45) is 49.1. The van der Waals surface area contributed by atoms with E-state index in [1.165, 1.54) is 212 Å². The minimum Gasteiger partial charge on any atom is -0.636 e. The lowest BCUT2D eigenvalue weighted by Gasteiger charge is -2.05. The highest BCUT2D eigenvalue weighted by molar-refractivity contribution is 4.53. The highest BCUT2D eigenvalue weighted by atomic mass is 16.5. The van der Waals surface area contributed by atoms with Crippen molar-refractivity contribution in [3.63, 3.8) is 0 Å². The number of hydroxylamine groups is 1. The Bertz CT molecular complexity index is 350. The van der Waals surface area contributed by atoms with Gasteiger partial charge in [-0.3, -0.25) is 0 Å². The second kappa shape index (κ2) is 36.9. The van der Waals surface area contributed by atoms with Gasteiger partial charge in [0.15, 0.2) is 0 Å². The number of quaternary nitrogens is 1. The van der Waals surface area contributed by atoms with Crippen LogP contribution in [-0.2, 0) is 0 Å². The van der Waals surface area contributed by atoms with E-state index in [4.69, 9.17) is 0 Å². The number of hydrogen-bond acceptors (Lipinski definition) is 1. The van der Waals surface area contributed by atoms with Crippen molar-refractivity contribution in [2.24, 2.45) is 0 Å². The molecule has 230 valence electrons. The monoisotopic (exact) mass is 538 g/mol. The number of rotatable bonds is 35. The first-order chi connectivity index (χ1) is 18.9. The maximum Gasteiger partial charge on any atom is 0.0752 e. The number of hydrogen-bond donors (Lipinski definition) is 1. The Morgan fingerprint density at radius 3 is 0.579 bits per heavy atom. The smallest absolute Gasteiger partial charge is 0.0752 e. The summed E-state index contributed by atoms with van der Waals surface area (Å²) in [5.41, 5.74) is 1.06. The van der Waals surface area contributed by atoms with Gasteiger partial charge in [0.1, 0.15) is 0 Å². The summed E-state index contributed by atoms with van der Waals surface area (Å²) in [7, 11) is 0. The molecule has 2 N–H and O–H groups in total. The van der Waals surface area contributed by atoms with Gasteiger partial charge in [0.05, 0.1) is 6.54 Å². The molecule has 0 radical (unpaired) electrons. The van der Waals surface area contributed by atoms with Crippen LogP contribution in [0.1, 0.15) is 225 Å². The molecule has 0 fully saturated rings. The van der Waals surface area contributed by atoms with Crippen molar-refractivity contribution in [3.8, 4) is 0 Å². The molecule has 0 unspecified atom stereocenters. The van der Waals surface area contributed by atoms with Gasteiger partial charge >= 0.3 is 0 Å². The Morgan fingerprint density at radius 2 is 0.421 bits per heavy atom. The fourth-order valence-corrected chi connectivity index (χ4v) is 5.96. The second-order valence-corrected chi connectivity index (χ2v) is 12.6. The van der Waals surface area contributed by atoms with Crippen LogP contribution < -0.4 is 5.48 Å². The zero-order chi connectivity index (χ0) is 27.5. The summed E-state index contributed by atoms with van der Waals surface area (Å²) in [5, 5.41) is 10.3. The van der Waals surface area contributed by atoms with E-state index in [9.17, 15) is 5.21 Å². The standard InChI is InChI=1S/C36H75NO/c1-2-3-4-5-6-7-8-9-10-11-12-13-14-15-16-17-18-19-20-21-22-23-24-25-26-27-28-29-30-31-32-33-34-35-36-37-38/h2-37H2,1H3. The molecule has 0 aromatic carbocycles. The average Bonchev–Trinajstić information content (AvgIpc) is 2.93. The van der Waals surface area contributed by atoms with E-state index < -0.39 is 0 Å². The second-order valence-electron chi connectivity index (χ2n) is 12.6. The molecule has 0 bridgehead atoms. The van der Waals surface area contributed by atoms with Crippen LogP contribution in [0, 0.1) is 5.21 Å². The van der Waals surface area contributed by atoms with E-state index in [1.807, 2.05) is 0 Å². The summed E-state index contributed by atoms with van der Waals surface area (Å²) >= 11 is 0. The molecule has 2 heteroatoms. The normalized spacial score (nSPS) is 11.5. The number of nitrogens with two attached hydrogens (primary N) is 1. The lowest BCUT2D eigenvalue weighted by atomic mass is 10.0. The predicted octanol–water partition coefficient (Wildman–Crippen LogP) is 12.3. The van der Waals surface area contributed by atoms with Crippen LogP contribution in [0.5, 0.6) is 0 Å². The molecular weight excluding hydrogens is 462 g/mol. The quantitative estimate of drug-likeness (QED) is 0.0633. The summed E-state index contributed by atoms with van der Waals surface area (Å²) in [6.45, 7) is 3.07. The van der Waals surface area contributed by atoms with Gasteiger partial charge in [-0.15, -0.1) is 0 Å². The molecule has 0 aliphatic carbocycles. The fraction of sp³-hybridized carbons (Fsp3) is 1.00. The van der Waals surface area contributed by atoms with Crippen molar-refractivity contribution in [2.45, 2.75) is 225 Å². The molecule has 0 rings (SSSR count). The fourth-order valence-electron chi connectivity index (χ4n) is 5.96. The SMILES string of the molecule is CCCCCCCCCCCCCCCCCCCCCCCCCCCCCCCCCCCC[NH2+][O-]. The van der Waals surface area contributed by atoms with Crippen LogP contribution in [0.25, 0.3) is 0 Å². The molecule has 0 aliphatic heterocycles. The van der Waals surface area contributed by atoms with Crippen LogP contribution in [0.15, 0.2) is 0 Å². The van der Waals surface area contributed by atoms with Crippen LogP contribution in [0.2, 0.25) is 0 Å². The summed E-state index contributed by atoms with van der Waals surface area (Å²) < 4.78 is 0. The van der Waals surface area contributed by atoms with Crippen molar-refractivity contribution in [1.29, 1.82) is 0 Å². The molecule has 0 amide bonds. The van der Waals surface area contributed by atoms with Gasteiger partial charge in [-0.2, -0.15) is 0 Å². The molecule has 0 aromatic rings. The minimum atomic E-state index is 0.764. The van der Waals surface area contributed by atoms with E-state index in [1.54, 1.807) is 0 Å². The third-order valence-electron chi connectivity index (χ3n) is 8.68. The van der Waals surface area contributed by atoms with Crippen LogP contribution >= 0.6 is 0 Å². The molecule has 0 aromatic heterocycles. The zero-order valence-corrected chi connectivity index (χ0v) is 26.7. The first-order valence-corrected chi connectivity index (χ1v) is 18.4. The molecule has 0 aliphatic rings. The van der Waals surface area contributed by atoms with E-state index >= 15 is 0 Å². The minimum absolute atomic E-state index is 0.764. The van der Waals surface area contributed by atoms with Crippen molar-refractivity contribution < 1.29 is 5.48 Å². The highest BCUT2D eigenvalue weighted by Crippen LogP contribution is 2.17. The largest absolute Gasteiger partial charge is 0.636 e. The van der Waals surface area contributed by atoms with Gasteiger partial charge in [0.25, 0.3) is 0 Å². The van der Waals surface area contributed by atoms with Crippen molar-refractivity contribution >= 4 is 0 Å². The van der Waals surface area contributed by atoms with E-state index in [0.717, 1.165) is 18.4 Å². The molecule has 2 nitrogen and oxygen atoms in total. The average molecular weight is 538 g/mol. The topological polar surface area (TPSA) is 39.7 Å². The molecule has 0 heterocycles. The Kier molecular flexibility index (Phi) is 36.8. The Morgan fingerprint density at radius 1 is 0.263 bits per heavy atom. The van der Waals surface area contributed by atoms with Gasteiger partial charge in [0, 0.05) is 0 Å². The Labute approximate surface area is 242 Å². The van der Waals surface area contributed by atoms with Gasteiger partial charge in [-0.05, 0) is 12.8 Å². The zero-order valence-electron chi connectivity index (χ0n) is 26.7. The van der Waals surface area contributed by atoms with Crippen LogP contribution in [0.4, 0.5) is 0 Å². The Balaban J connectivity index is 3.01. The molecule has 0 saturated heterocycles. The maximum absolute atomic E-state index is 10.3. The summed E-state index contributed by atoms with van der Waals surface area (Å²) in [4.78, 5) is 0. The van der Waals surface area contributed by atoms with E-state index in [0.29, 0.717) is 0 Å².